The molecule has 0 aliphatic carbocycles. The molecular weight excluding hydrogens is 282 g/mol. The molecule has 90 valence electrons. The molecule has 0 bridgehead atoms. The SMILES string of the molecule is Cc1nc(=S)c2sc(=S)n(-c3ccccc3)c2[nH]1. The number of benzene rings is 1. The Hall–Kier alpha value is -1.37. The number of hydrogen-bond donors (Lipinski definition) is 1. The Balaban J connectivity index is 2.47. The van der Waals surface area contributed by atoms with Crippen LogP contribution in [0.5, 0.6) is 0 Å². The second kappa shape index (κ2) is 4.38. The van der Waals surface area contributed by atoms with E-state index >= 15 is 0 Å². The van der Waals surface area contributed by atoms with E-state index in [1.54, 1.807) is 0 Å². The minimum absolute atomic E-state index is 0.604. The Morgan fingerprint density at radius 3 is 2.67 bits per heavy atom. The summed E-state index contributed by atoms with van der Waals surface area (Å²) in [6.45, 7) is 1.89. The number of hydrogen-bond acceptors (Lipinski definition) is 4. The molecule has 3 nitrogen and oxygen atoms in total. The summed E-state index contributed by atoms with van der Waals surface area (Å²) in [6.07, 6.45) is 0. The Morgan fingerprint density at radius 2 is 1.94 bits per heavy atom. The molecule has 0 atom stereocenters. The normalized spacial score (nSPS) is 10.9. The van der Waals surface area contributed by atoms with Crippen LogP contribution in [0.2, 0.25) is 0 Å². The number of H-pyrrole nitrogens is 1. The fourth-order valence-electron chi connectivity index (χ4n) is 1.85. The van der Waals surface area contributed by atoms with Gasteiger partial charge in [0.2, 0.25) is 0 Å². The zero-order valence-electron chi connectivity index (χ0n) is 9.51. The monoisotopic (exact) mass is 291 g/mol. The average Bonchev–Trinajstić information content (AvgIpc) is 2.67. The van der Waals surface area contributed by atoms with Crippen LogP contribution in [-0.2, 0) is 0 Å². The molecule has 3 rings (SSSR count). The van der Waals surface area contributed by atoms with Gasteiger partial charge < -0.3 is 4.98 Å². The highest BCUT2D eigenvalue weighted by Gasteiger charge is 2.09. The molecule has 0 saturated carbocycles. The lowest BCUT2D eigenvalue weighted by molar-refractivity contribution is 1.02. The van der Waals surface area contributed by atoms with Gasteiger partial charge in [-0.3, -0.25) is 4.57 Å². The third kappa shape index (κ3) is 1.82. The van der Waals surface area contributed by atoms with Crippen molar-refractivity contribution in [2.45, 2.75) is 6.92 Å². The Kier molecular flexibility index (Phi) is 2.85. The molecule has 0 spiro atoms. The highest BCUT2D eigenvalue weighted by atomic mass is 32.1. The molecule has 3 aromatic rings. The molecule has 0 saturated heterocycles. The summed E-state index contributed by atoms with van der Waals surface area (Å²) in [4.78, 5) is 7.51. The van der Waals surface area contributed by atoms with Crippen LogP contribution in [0.4, 0.5) is 0 Å². The molecule has 18 heavy (non-hydrogen) atoms. The van der Waals surface area contributed by atoms with Crippen LogP contribution in [0, 0.1) is 15.5 Å². The fraction of sp³-hybridized carbons (Fsp3) is 0.0833. The van der Waals surface area contributed by atoms with Crippen LogP contribution in [0.15, 0.2) is 30.3 Å². The van der Waals surface area contributed by atoms with E-state index in [4.69, 9.17) is 24.4 Å². The molecule has 1 N–H and O–H groups in total. The van der Waals surface area contributed by atoms with Crippen LogP contribution in [0.1, 0.15) is 5.82 Å². The van der Waals surface area contributed by atoms with Gasteiger partial charge in [-0.2, -0.15) is 0 Å². The van der Waals surface area contributed by atoms with Gasteiger partial charge in [-0.25, -0.2) is 4.98 Å². The molecule has 0 unspecified atom stereocenters. The average molecular weight is 291 g/mol. The lowest BCUT2D eigenvalue weighted by atomic mass is 10.3. The van der Waals surface area contributed by atoms with E-state index in [1.165, 1.54) is 11.3 Å². The molecule has 0 aliphatic heterocycles. The quantitative estimate of drug-likeness (QED) is 0.683. The second-order valence-corrected chi connectivity index (χ2v) is 5.87. The van der Waals surface area contributed by atoms with Gasteiger partial charge in [0.05, 0.1) is 0 Å². The number of aromatic nitrogens is 3. The first-order chi connectivity index (χ1) is 8.66. The molecular formula is C12H9N3S3. The van der Waals surface area contributed by atoms with Gasteiger partial charge in [-0.05, 0) is 31.3 Å². The second-order valence-electron chi connectivity index (χ2n) is 3.84. The van der Waals surface area contributed by atoms with Gasteiger partial charge in [0, 0.05) is 5.69 Å². The highest BCUT2D eigenvalue weighted by molar-refractivity contribution is 7.74. The van der Waals surface area contributed by atoms with Crippen molar-refractivity contribution < 1.29 is 0 Å². The maximum atomic E-state index is 5.43. The van der Waals surface area contributed by atoms with Crippen molar-refractivity contribution in [3.05, 3.63) is 44.8 Å². The minimum Gasteiger partial charge on any atom is -0.328 e. The number of rotatable bonds is 1. The van der Waals surface area contributed by atoms with Crippen LogP contribution < -0.4 is 0 Å². The van der Waals surface area contributed by atoms with E-state index < -0.39 is 0 Å². The number of aryl methyl sites for hydroxylation is 1. The molecule has 0 fully saturated rings. The van der Waals surface area contributed by atoms with Crippen LogP contribution in [0.3, 0.4) is 0 Å². The van der Waals surface area contributed by atoms with Gasteiger partial charge in [0.25, 0.3) is 0 Å². The predicted molar refractivity (Wildman–Crippen MR) is 79.7 cm³/mol. The van der Waals surface area contributed by atoms with Crippen LogP contribution >= 0.6 is 35.8 Å². The predicted octanol–water partition coefficient (Wildman–Crippen LogP) is 4.18. The minimum atomic E-state index is 0.604. The Morgan fingerprint density at radius 1 is 1.22 bits per heavy atom. The summed E-state index contributed by atoms with van der Waals surface area (Å²) in [5, 5.41) is 0. The molecule has 2 aromatic heterocycles. The van der Waals surface area contributed by atoms with Crippen molar-refractivity contribution in [3.8, 4) is 5.69 Å². The number of nitrogens with zero attached hydrogens (tertiary/aromatic N) is 2. The maximum absolute atomic E-state index is 5.43. The zero-order chi connectivity index (χ0) is 12.7. The molecule has 0 aliphatic rings. The zero-order valence-corrected chi connectivity index (χ0v) is 12.0. The smallest absolute Gasteiger partial charge is 0.168 e. The van der Waals surface area contributed by atoms with Gasteiger partial charge in [0.1, 0.15) is 20.8 Å². The first kappa shape index (κ1) is 11.7. The summed E-state index contributed by atoms with van der Waals surface area (Å²) < 4.78 is 4.31. The number of nitrogens with one attached hydrogen (secondary N) is 1. The van der Waals surface area contributed by atoms with Gasteiger partial charge >= 0.3 is 0 Å². The summed E-state index contributed by atoms with van der Waals surface area (Å²) in [6, 6.07) is 10.0. The maximum Gasteiger partial charge on any atom is 0.168 e. The number of para-hydroxylation sites is 1. The van der Waals surface area contributed by atoms with Gasteiger partial charge in [-0.1, -0.05) is 41.8 Å². The third-order valence-corrected chi connectivity index (χ3v) is 4.39. The highest BCUT2D eigenvalue weighted by Crippen LogP contribution is 2.25. The van der Waals surface area contributed by atoms with Crippen molar-refractivity contribution in [3.63, 3.8) is 0 Å². The fourth-order valence-corrected chi connectivity index (χ4v) is 3.49. The summed E-state index contributed by atoms with van der Waals surface area (Å²) >= 11 is 12.2. The lowest BCUT2D eigenvalue weighted by Gasteiger charge is -2.04. The number of fused-ring (bicyclic) bond motifs is 1. The summed E-state index contributed by atoms with van der Waals surface area (Å²) in [7, 11) is 0. The number of aromatic amines is 1. The van der Waals surface area contributed by atoms with Crippen molar-refractivity contribution in [1.29, 1.82) is 0 Å². The van der Waals surface area contributed by atoms with Crippen molar-refractivity contribution in [2.75, 3.05) is 0 Å². The van der Waals surface area contributed by atoms with E-state index in [0.717, 1.165) is 25.8 Å². The van der Waals surface area contributed by atoms with Crippen molar-refractivity contribution in [2.24, 2.45) is 0 Å². The van der Waals surface area contributed by atoms with E-state index in [-0.39, 0.29) is 0 Å². The first-order valence-electron chi connectivity index (χ1n) is 5.35. The molecule has 2 heterocycles. The standard InChI is InChI=1S/C12H9N3S3/c1-7-13-10-9(11(16)14-7)18-12(17)15(10)8-5-3-2-4-6-8/h2-6H,1H3,(H,13,14,16). The third-order valence-electron chi connectivity index (χ3n) is 2.59. The number of thiazole rings is 1. The lowest BCUT2D eigenvalue weighted by Crippen LogP contribution is -1.97. The Bertz CT molecular complexity index is 827. The first-order valence-corrected chi connectivity index (χ1v) is 6.98. The largest absolute Gasteiger partial charge is 0.328 e. The van der Waals surface area contributed by atoms with E-state index in [1.807, 2.05) is 41.8 Å². The van der Waals surface area contributed by atoms with Crippen LogP contribution in [0.25, 0.3) is 16.0 Å². The van der Waals surface area contributed by atoms with Crippen molar-refractivity contribution >= 4 is 46.1 Å². The molecule has 1 aromatic carbocycles. The van der Waals surface area contributed by atoms with E-state index in [2.05, 4.69) is 9.97 Å². The van der Waals surface area contributed by atoms with E-state index in [9.17, 15) is 0 Å². The van der Waals surface area contributed by atoms with E-state index in [0.29, 0.717) is 4.64 Å². The topological polar surface area (TPSA) is 33.6 Å². The summed E-state index contributed by atoms with van der Waals surface area (Å²) in [5.41, 5.74) is 1.96. The molecule has 6 heteroatoms. The molecule has 0 amide bonds. The van der Waals surface area contributed by atoms with Gasteiger partial charge in [0.15, 0.2) is 3.95 Å². The molecule has 0 radical (unpaired) electrons. The van der Waals surface area contributed by atoms with Crippen LogP contribution in [-0.4, -0.2) is 14.5 Å². The van der Waals surface area contributed by atoms with Crippen molar-refractivity contribution in [1.82, 2.24) is 14.5 Å². The van der Waals surface area contributed by atoms with Gasteiger partial charge in [-0.15, -0.1) is 0 Å². The summed E-state index contributed by atoms with van der Waals surface area (Å²) in [5.74, 6) is 0.796. The Labute approximate surface area is 118 Å².